The maximum Gasteiger partial charge on any atom is 0.253 e. The average Bonchev–Trinajstić information content (AvgIpc) is 3.40. The van der Waals surface area contributed by atoms with Crippen LogP contribution >= 0.6 is 0 Å². The Morgan fingerprint density at radius 3 is 2.79 bits per heavy atom. The molecule has 8 nitrogen and oxygen atoms in total. The van der Waals surface area contributed by atoms with Crippen molar-refractivity contribution < 1.29 is 9.59 Å². The highest BCUT2D eigenvalue weighted by Gasteiger charge is 2.32. The van der Waals surface area contributed by atoms with Crippen LogP contribution in [0.4, 0.5) is 11.5 Å². The molecule has 1 aliphatic heterocycles. The van der Waals surface area contributed by atoms with Crippen molar-refractivity contribution in [3.63, 3.8) is 0 Å². The van der Waals surface area contributed by atoms with Crippen LogP contribution in [0.5, 0.6) is 0 Å². The fraction of sp³-hybridized carbons (Fsp3) is 0.500. The molecule has 8 heteroatoms. The van der Waals surface area contributed by atoms with Gasteiger partial charge in [0.15, 0.2) is 0 Å². The second-order valence-electron chi connectivity index (χ2n) is 7.98. The molecule has 0 bridgehead atoms. The summed E-state index contributed by atoms with van der Waals surface area (Å²) in [5.74, 6) is 1.99. The summed E-state index contributed by atoms with van der Waals surface area (Å²) in [5, 5.41) is 6.12. The summed E-state index contributed by atoms with van der Waals surface area (Å²) in [6, 6.07) is 1.55. The number of anilines is 2. The van der Waals surface area contributed by atoms with E-state index in [4.69, 9.17) is 0 Å². The molecule has 1 aliphatic carbocycles. The van der Waals surface area contributed by atoms with Gasteiger partial charge in [-0.1, -0.05) is 13.8 Å². The van der Waals surface area contributed by atoms with Crippen molar-refractivity contribution in [2.24, 2.45) is 18.9 Å². The summed E-state index contributed by atoms with van der Waals surface area (Å²) in [6.07, 6.45) is 7.45. The Morgan fingerprint density at radius 1 is 1.36 bits per heavy atom. The minimum atomic E-state index is -0.221. The van der Waals surface area contributed by atoms with Gasteiger partial charge in [0.1, 0.15) is 11.6 Å². The van der Waals surface area contributed by atoms with Crippen LogP contribution in [-0.2, 0) is 11.8 Å². The molecule has 28 heavy (non-hydrogen) atoms. The van der Waals surface area contributed by atoms with Gasteiger partial charge in [-0.2, -0.15) is 0 Å². The maximum atomic E-state index is 13.0. The summed E-state index contributed by atoms with van der Waals surface area (Å²) in [5.41, 5.74) is 1.13. The van der Waals surface area contributed by atoms with Gasteiger partial charge in [0, 0.05) is 32.2 Å². The summed E-state index contributed by atoms with van der Waals surface area (Å²) in [6.45, 7) is 5.03. The average molecular weight is 382 g/mol. The van der Waals surface area contributed by atoms with E-state index in [0.717, 1.165) is 18.7 Å². The molecule has 0 saturated heterocycles. The largest absolute Gasteiger partial charge is 0.359 e. The molecule has 0 aromatic carbocycles. The highest BCUT2D eigenvalue weighted by Crippen LogP contribution is 2.35. The Balaban J connectivity index is 1.58. The zero-order chi connectivity index (χ0) is 19.8. The second-order valence-corrected chi connectivity index (χ2v) is 7.98. The van der Waals surface area contributed by atoms with E-state index in [0.29, 0.717) is 29.5 Å². The van der Waals surface area contributed by atoms with Crippen LogP contribution in [-0.4, -0.2) is 39.4 Å². The molecule has 0 spiro atoms. The van der Waals surface area contributed by atoms with Crippen molar-refractivity contribution in [2.45, 2.75) is 32.7 Å². The number of nitrogens with zero attached hydrogens (tertiary/aromatic N) is 4. The standard InChI is InChI=1S/C20H26N6O2/c1-12(2)17(19-21-6-7-25(19)3)24-20(28)14-8-15-18(22-9-14)23-10-16(27)26(15)11-13-4-5-13/h6-9,12-13,17H,4-5,10-11H2,1-3H3,(H,22,23)(H,24,28). The molecule has 2 amide bonds. The van der Waals surface area contributed by atoms with Gasteiger partial charge >= 0.3 is 0 Å². The van der Waals surface area contributed by atoms with Gasteiger partial charge in [-0.3, -0.25) is 9.59 Å². The minimum Gasteiger partial charge on any atom is -0.359 e. The van der Waals surface area contributed by atoms with Crippen LogP contribution in [0.25, 0.3) is 0 Å². The van der Waals surface area contributed by atoms with Gasteiger partial charge in [0.2, 0.25) is 5.91 Å². The molecule has 1 atom stereocenters. The number of imidazole rings is 1. The van der Waals surface area contributed by atoms with Gasteiger partial charge in [-0.25, -0.2) is 9.97 Å². The maximum absolute atomic E-state index is 13.0. The first-order chi connectivity index (χ1) is 13.4. The number of pyridine rings is 1. The number of fused-ring (bicyclic) bond motifs is 1. The summed E-state index contributed by atoms with van der Waals surface area (Å²) in [7, 11) is 1.91. The molecule has 2 aromatic rings. The van der Waals surface area contributed by atoms with Crippen molar-refractivity contribution >= 4 is 23.3 Å². The quantitative estimate of drug-likeness (QED) is 0.798. The summed E-state index contributed by atoms with van der Waals surface area (Å²) in [4.78, 5) is 35.9. The normalized spacial score (nSPS) is 17.3. The lowest BCUT2D eigenvalue weighted by Gasteiger charge is -2.30. The van der Waals surface area contributed by atoms with Crippen molar-refractivity contribution in [3.8, 4) is 0 Å². The number of amides is 2. The predicted molar refractivity (Wildman–Crippen MR) is 106 cm³/mol. The van der Waals surface area contributed by atoms with E-state index in [2.05, 4.69) is 20.6 Å². The van der Waals surface area contributed by atoms with Gasteiger partial charge in [-0.05, 0) is 30.7 Å². The Labute approximate surface area is 164 Å². The van der Waals surface area contributed by atoms with E-state index < -0.39 is 0 Å². The number of rotatable bonds is 6. The second kappa shape index (κ2) is 7.26. The number of nitrogens with one attached hydrogen (secondary N) is 2. The van der Waals surface area contributed by atoms with Crippen molar-refractivity contribution in [2.75, 3.05) is 23.3 Å². The Hall–Kier alpha value is -2.90. The van der Waals surface area contributed by atoms with Gasteiger partial charge in [0.05, 0.1) is 23.8 Å². The SMILES string of the molecule is CC(C)C(NC(=O)c1cnc2c(c1)N(CC1CC1)C(=O)CN2)c1nccn1C. The highest BCUT2D eigenvalue weighted by molar-refractivity contribution is 6.04. The Bertz CT molecular complexity index is 902. The van der Waals surface area contributed by atoms with Crippen molar-refractivity contribution in [3.05, 3.63) is 36.0 Å². The topological polar surface area (TPSA) is 92.2 Å². The van der Waals surface area contributed by atoms with E-state index in [1.54, 1.807) is 23.4 Å². The molecule has 1 unspecified atom stereocenters. The molecule has 4 rings (SSSR count). The number of aromatic nitrogens is 3. The van der Waals surface area contributed by atoms with Crippen molar-refractivity contribution in [1.29, 1.82) is 0 Å². The van der Waals surface area contributed by atoms with Gasteiger partial charge < -0.3 is 20.1 Å². The molecule has 2 aliphatic rings. The van der Waals surface area contributed by atoms with Crippen LogP contribution < -0.4 is 15.5 Å². The van der Waals surface area contributed by atoms with E-state index in [1.165, 1.54) is 0 Å². The molecule has 1 fully saturated rings. The lowest BCUT2D eigenvalue weighted by atomic mass is 10.0. The number of aryl methyl sites for hydroxylation is 1. The van der Waals surface area contributed by atoms with Crippen LogP contribution in [0.3, 0.4) is 0 Å². The smallest absolute Gasteiger partial charge is 0.253 e. The monoisotopic (exact) mass is 382 g/mol. The van der Waals surface area contributed by atoms with Gasteiger partial charge in [0.25, 0.3) is 5.91 Å². The predicted octanol–water partition coefficient (Wildman–Crippen LogP) is 2.11. The lowest BCUT2D eigenvalue weighted by molar-refractivity contribution is -0.117. The number of carbonyl (C=O) groups excluding carboxylic acids is 2. The molecule has 0 radical (unpaired) electrons. The van der Waals surface area contributed by atoms with Crippen molar-refractivity contribution in [1.82, 2.24) is 19.9 Å². The third-order valence-electron chi connectivity index (χ3n) is 5.36. The minimum absolute atomic E-state index is 0.0202. The van der Waals surface area contributed by atoms with E-state index in [1.807, 2.05) is 31.7 Å². The first-order valence-corrected chi connectivity index (χ1v) is 9.76. The fourth-order valence-electron chi connectivity index (χ4n) is 3.50. The van der Waals surface area contributed by atoms with Crippen LogP contribution in [0, 0.1) is 11.8 Å². The summed E-state index contributed by atoms with van der Waals surface area (Å²) < 4.78 is 1.91. The van der Waals surface area contributed by atoms with E-state index in [-0.39, 0.29) is 30.3 Å². The van der Waals surface area contributed by atoms with Crippen LogP contribution in [0.15, 0.2) is 24.7 Å². The Kier molecular flexibility index (Phi) is 4.78. The lowest BCUT2D eigenvalue weighted by Crippen LogP contribution is -2.41. The van der Waals surface area contributed by atoms with E-state index >= 15 is 0 Å². The summed E-state index contributed by atoms with van der Waals surface area (Å²) >= 11 is 0. The fourth-order valence-corrected chi connectivity index (χ4v) is 3.50. The molecular weight excluding hydrogens is 356 g/mol. The van der Waals surface area contributed by atoms with Crippen LogP contribution in [0.2, 0.25) is 0 Å². The first-order valence-electron chi connectivity index (χ1n) is 9.76. The molecule has 3 heterocycles. The number of carbonyl (C=O) groups is 2. The zero-order valence-electron chi connectivity index (χ0n) is 16.5. The Morgan fingerprint density at radius 2 is 2.14 bits per heavy atom. The zero-order valence-corrected chi connectivity index (χ0v) is 16.5. The highest BCUT2D eigenvalue weighted by atomic mass is 16.2. The molecule has 2 N–H and O–H groups in total. The first kappa shape index (κ1) is 18.5. The molecule has 2 aromatic heterocycles. The third-order valence-corrected chi connectivity index (χ3v) is 5.36. The van der Waals surface area contributed by atoms with E-state index in [9.17, 15) is 9.59 Å². The number of hydrogen-bond donors (Lipinski definition) is 2. The number of hydrogen-bond acceptors (Lipinski definition) is 5. The van der Waals surface area contributed by atoms with Gasteiger partial charge in [-0.15, -0.1) is 0 Å². The third kappa shape index (κ3) is 3.58. The van der Waals surface area contributed by atoms with Crippen LogP contribution in [0.1, 0.15) is 48.9 Å². The molecule has 1 saturated carbocycles. The molecule has 148 valence electrons. The molecular formula is C20H26N6O2.